The summed E-state index contributed by atoms with van der Waals surface area (Å²) in [5.41, 5.74) is 2.57. The van der Waals surface area contributed by atoms with Gasteiger partial charge in [0.05, 0.1) is 7.11 Å². The van der Waals surface area contributed by atoms with Crippen LogP contribution in [0.25, 0.3) is 0 Å². The van der Waals surface area contributed by atoms with E-state index in [0.717, 1.165) is 5.75 Å². The highest BCUT2D eigenvalue weighted by Crippen LogP contribution is 2.35. The van der Waals surface area contributed by atoms with Gasteiger partial charge in [0.1, 0.15) is 5.75 Å². The van der Waals surface area contributed by atoms with Crippen LogP contribution in [0.3, 0.4) is 0 Å². The molecule has 2 heteroatoms. The van der Waals surface area contributed by atoms with Gasteiger partial charge >= 0.3 is 0 Å². The van der Waals surface area contributed by atoms with Crippen molar-refractivity contribution < 1.29 is 4.74 Å². The number of halogens is 1. The summed E-state index contributed by atoms with van der Waals surface area (Å²) < 4.78 is 5.43. The van der Waals surface area contributed by atoms with Gasteiger partial charge in [-0.15, -0.1) is 0 Å². The van der Waals surface area contributed by atoms with Gasteiger partial charge < -0.3 is 4.74 Å². The largest absolute Gasteiger partial charge is 0.496 e. The maximum Gasteiger partial charge on any atom is 0.122 e. The predicted molar refractivity (Wildman–Crippen MR) is 73.7 cm³/mol. The number of hydrogen-bond donors (Lipinski definition) is 0. The Bertz CT molecular complexity index is 347. The van der Waals surface area contributed by atoms with Crippen LogP contribution in [-0.4, -0.2) is 11.9 Å². The van der Waals surface area contributed by atoms with E-state index in [1.165, 1.54) is 11.1 Å². The van der Waals surface area contributed by atoms with E-state index in [9.17, 15) is 0 Å². The van der Waals surface area contributed by atoms with E-state index in [1.807, 2.05) is 0 Å². The van der Waals surface area contributed by atoms with Gasteiger partial charge in [0.2, 0.25) is 0 Å². The van der Waals surface area contributed by atoms with Crippen molar-refractivity contribution in [3.05, 3.63) is 29.3 Å². The van der Waals surface area contributed by atoms with Crippen LogP contribution in [0.15, 0.2) is 18.2 Å². The molecule has 0 amide bonds. The SMILES string of the molecule is COc1ccc(C)cc1C(C)C(Br)C(C)C. The lowest BCUT2D eigenvalue weighted by Crippen LogP contribution is -2.16. The van der Waals surface area contributed by atoms with Crippen molar-refractivity contribution in [1.82, 2.24) is 0 Å². The fourth-order valence-corrected chi connectivity index (χ4v) is 2.24. The van der Waals surface area contributed by atoms with Gasteiger partial charge in [0.25, 0.3) is 0 Å². The monoisotopic (exact) mass is 284 g/mol. The third kappa shape index (κ3) is 3.00. The molecule has 16 heavy (non-hydrogen) atoms. The van der Waals surface area contributed by atoms with Crippen LogP contribution in [0.1, 0.15) is 37.8 Å². The van der Waals surface area contributed by atoms with E-state index in [0.29, 0.717) is 16.7 Å². The Morgan fingerprint density at radius 2 is 1.81 bits per heavy atom. The van der Waals surface area contributed by atoms with Gasteiger partial charge in [0, 0.05) is 4.83 Å². The summed E-state index contributed by atoms with van der Waals surface area (Å²) in [6.07, 6.45) is 0. The Morgan fingerprint density at radius 3 is 2.31 bits per heavy atom. The molecule has 2 atom stereocenters. The predicted octanol–water partition coefficient (Wildman–Crippen LogP) is 4.53. The van der Waals surface area contributed by atoms with E-state index in [4.69, 9.17) is 4.74 Å². The average Bonchev–Trinajstić information content (AvgIpc) is 2.26. The summed E-state index contributed by atoms with van der Waals surface area (Å²) in [6.45, 7) is 8.83. The topological polar surface area (TPSA) is 9.23 Å². The maximum atomic E-state index is 5.43. The Labute approximate surface area is 107 Å². The number of alkyl halides is 1. The molecule has 1 aromatic carbocycles. The number of rotatable bonds is 4. The van der Waals surface area contributed by atoms with Gasteiger partial charge in [-0.1, -0.05) is 54.4 Å². The number of ether oxygens (including phenoxy) is 1. The number of hydrogen-bond acceptors (Lipinski definition) is 1. The van der Waals surface area contributed by atoms with E-state index in [1.54, 1.807) is 7.11 Å². The quantitative estimate of drug-likeness (QED) is 0.739. The highest BCUT2D eigenvalue weighted by atomic mass is 79.9. The zero-order chi connectivity index (χ0) is 12.3. The van der Waals surface area contributed by atoms with Gasteiger partial charge in [0.15, 0.2) is 0 Å². The molecule has 2 unspecified atom stereocenters. The lowest BCUT2D eigenvalue weighted by atomic mass is 9.90. The minimum absolute atomic E-state index is 0.454. The summed E-state index contributed by atoms with van der Waals surface area (Å²) in [5, 5.41) is 0. The molecule has 0 N–H and O–H groups in total. The summed E-state index contributed by atoms with van der Waals surface area (Å²) in [6, 6.07) is 6.37. The Balaban J connectivity index is 3.05. The third-order valence-corrected chi connectivity index (χ3v) is 4.84. The number of methoxy groups -OCH3 is 1. The average molecular weight is 285 g/mol. The molecule has 0 saturated heterocycles. The van der Waals surface area contributed by atoms with Crippen molar-refractivity contribution in [3.8, 4) is 5.75 Å². The molecule has 0 radical (unpaired) electrons. The second-order valence-corrected chi connectivity index (χ2v) is 5.78. The molecule has 0 aliphatic rings. The summed E-state index contributed by atoms with van der Waals surface area (Å²) in [5.74, 6) is 2.05. The lowest BCUT2D eigenvalue weighted by Gasteiger charge is -2.24. The fourth-order valence-electron chi connectivity index (χ4n) is 1.96. The first-order valence-electron chi connectivity index (χ1n) is 5.76. The second-order valence-electron chi connectivity index (χ2n) is 4.72. The number of aryl methyl sites for hydroxylation is 1. The molecule has 0 heterocycles. The molecular formula is C14H21BrO. The van der Waals surface area contributed by atoms with Crippen molar-refractivity contribution in [2.45, 2.75) is 38.4 Å². The van der Waals surface area contributed by atoms with Gasteiger partial charge in [-0.3, -0.25) is 0 Å². The molecule has 1 rings (SSSR count). The van der Waals surface area contributed by atoms with Gasteiger partial charge in [-0.25, -0.2) is 0 Å². The van der Waals surface area contributed by atoms with Crippen molar-refractivity contribution in [2.24, 2.45) is 5.92 Å². The summed E-state index contributed by atoms with van der Waals surface area (Å²) >= 11 is 3.78. The molecule has 0 bridgehead atoms. The first-order chi connectivity index (χ1) is 7.47. The van der Waals surface area contributed by atoms with E-state index < -0.39 is 0 Å². The van der Waals surface area contributed by atoms with Crippen LogP contribution in [0.2, 0.25) is 0 Å². The van der Waals surface area contributed by atoms with Crippen LogP contribution in [0, 0.1) is 12.8 Å². The van der Waals surface area contributed by atoms with Crippen molar-refractivity contribution >= 4 is 15.9 Å². The second kappa shape index (κ2) is 5.72. The number of benzene rings is 1. The molecule has 0 spiro atoms. The van der Waals surface area contributed by atoms with Crippen molar-refractivity contribution in [1.29, 1.82) is 0 Å². The first-order valence-corrected chi connectivity index (χ1v) is 6.67. The van der Waals surface area contributed by atoms with Crippen LogP contribution in [-0.2, 0) is 0 Å². The summed E-state index contributed by atoms with van der Waals surface area (Å²) in [7, 11) is 1.74. The Kier molecular flexibility index (Phi) is 4.85. The van der Waals surface area contributed by atoms with Crippen molar-refractivity contribution in [3.63, 3.8) is 0 Å². The van der Waals surface area contributed by atoms with E-state index >= 15 is 0 Å². The van der Waals surface area contributed by atoms with Gasteiger partial charge in [-0.2, -0.15) is 0 Å². The minimum atomic E-state index is 0.454. The molecule has 0 aliphatic carbocycles. The molecule has 0 fully saturated rings. The lowest BCUT2D eigenvalue weighted by molar-refractivity contribution is 0.403. The molecule has 90 valence electrons. The minimum Gasteiger partial charge on any atom is -0.496 e. The van der Waals surface area contributed by atoms with Crippen LogP contribution < -0.4 is 4.74 Å². The Hall–Kier alpha value is -0.500. The normalized spacial score (nSPS) is 14.9. The molecule has 1 aromatic rings. The highest BCUT2D eigenvalue weighted by molar-refractivity contribution is 9.09. The maximum absolute atomic E-state index is 5.43. The van der Waals surface area contributed by atoms with Gasteiger partial charge in [-0.05, 0) is 30.4 Å². The molecule has 1 nitrogen and oxygen atoms in total. The van der Waals surface area contributed by atoms with Crippen LogP contribution in [0.4, 0.5) is 0 Å². The first kappa shape index (κ1) is 13.6. The van der Waals surface area contributed by atoms with Crippen molar-refractivity contribution in [2.75, 3.05) is 7.11 Å². The standard InChI is InChI=1S/C14H21BrO/c1-9(2)14(15)11(4)12-8-10(3)6-7-13(12)16-5/h6-9,11,14H,1-5H3. The zero-order valence-electron chi connectivity index (χ0n) is 10.8. The smallest absolute Gasteiger partial charge is 0.122 e. The molecule has 0 aromatic heterocycles. The van der Waals surface area contributed by atoms with Crippen LogP contribution >= 0.6 is 15.9 Å². The molecular weight excluding hydrogens is 264 g/mol. The Morgan fingerprint density at radius 1 is 1.19 bits per heavy atom. The fraction of sp³-hybridized carbons (Fsp3) is 0.571. The molecule has 0 saturated carbocycles. The third-order valence-electron chi connectivity index (χ3n) is 2.99. The summed E-state index contributed by atoms with van der Waals surface area (Å²) in [4.78, 5) is 0.475. The van der Waals surface area contributed by atoms with E-state index in [2.05, 4.69) is 61.8 Å². The van der Waals surface area contributed by atoms with E-state index in [-0.39, 0.29) is 0 Å². The molecule has 0 aliphatic heterocycles. The van der Waals surface area contributed by atoms with Crippen LogP contribution in [0.5, 0.6) is 5.75 Å². The highest BCUT2D eigenvalue weighted by Gasteiger charge is 2.22. The zero-order valence-corrected chi connectivity index (χ0v) is 12.3.